The Morgan fingerprint density at radius 1 is 1.10 bits per heavy atom. The molecule has 4 nitrogen and oxygen atoms in total. The largest absolute Gasteiger partial charge is 0.385 e. The molecular weight excluding hydrogens is 352 g/mol. The summed E-state index contributed by atoms with van der Waals surface area (Å²) in [6.45, 7) is 4.69. The van der Waals surface area contributed by atoms with E-state index in [1.165, 1.54) is 0 Å². The number of aryl methyl sites for hydroxylation is 1. The molecule has 2 aromatic carbocycles. The van der Waals surface area contributed by atoms with E-state index in [1.54, 1.807) is 30.3 Å². The van der Waals surface area contributed by atoms with Crippen LogP contribution in [0.2, 0.25) is 0 Å². The molecule has 0 aromatic heterocycles. The highest BCUT2D eigenvalue weighted by atomic mass is 79.9. The van der Waals surface area contributed by atoms with Gasteiger partial charge in [-0.3, -0.25) is 4.72 Å². The number of hydrogen-bond acceptors (Lipinski definition) is 3. The molecule has 0 radical (unpaired) electrons. The Labute approximate surface area is 133 Å². The fourth-order valence-electron chi connectivity index (χ4n) is 1.89. The van der Waals surface area contributed by atoms with E-state index in [1.807, 2.05) is 26.0 Å². The van der Waals surface area contributed by atoms with E-state index in [0.29, 0.717) is 5.69 Å². The van der Waals surface area contributed by atoms with E-state index in [4.69, 9.17) is 0 Å². The predicted molar refractivity (Wildman–Crippen MR) is 90.3 cm³/mol. The minimum Gasteiger partial charge on any atom is -0.385 e. The first-order valence-electron chi connectivity index (χ1n) is 6.56. The number of anilines is 2. The van der Waals surface area contributed by atoms with E-state index < -0.39 is 10.0 Å². The first-order valence-corrected chi connectivity index (χ1v) is 8.83. The van der Waals surface area contributed by atoms with Gasteiger partial charge < -0.3 is 5.32 Å². The minimum atomic E-state index is -3.59. The lowest BCUT2D eigenvalue weighted by atomic mass is 10.2. The molecule has 0 saturated carbocycles. The van der Waals surface area contributed by atoms with Crippen molar-refractivity contribution in [2.24, 2.45) is 0 Å². The maximum absolute atomic E-state index is 12.4. The molecule has 0 aliphatic rings. The fourth-order valence-corrected chi connectivity index (χ4v) is 3.45. The topological polar surface area (TPSA) is 58.2 Å². The van der Waals surface area contributed by atoms with Crippen molar-refractivity contribution >= 4 is 37.3 Å². The Morgan fingerprint density at radius 3 is 2.38 bits per heavy atom. The first kappa shape index (κ1) is 15.9. The maximum atomic E-state index is 12.4. The zero-order valence-electron chi connectivity index (χ0n) is 11.9. The molecule has 2 rings (SSSR count). The third kappa shape index (κ3) is 3.77. The van der Waals surface area contributed by atoms with Crippen LogP contribution in [0.5, 0.6) is 0 Å². The number of halogens is 1. The summed E-state index contributed by atoms with van der Waals surface area (Å²) in [7, 11) is -3.59. The van der Waals surface area contributed by atoms with E-state index in [2.05, 4.69) is 26.0 Å². The van der Waals surface area contributed by atoms with Gasteiger partial charge in [-0.25, -0.2) is 8.42 Å². The van der Waals surface area contributed by atoms with Gasteiger partial charge in [0.15, 0.2) is 0 Å². The standard InChI is InChI=1S/C15H17BrN2O2S/c1-3-17-12-7-9-13(10-8-12)21(19,20)18-14-6-4-5-11(2)15(14)16/h4-10,17-18H,3H2,1-2H3. The van der Waals surface area contributed by atoms with Gasteiger partial charge in [0.05, 0.1) is 10.6 Å². The van der Waals surface area contributed by atoms with Crippen LogP contribution >= 0.6 is 15.9 Å². The highest BCUT2D eigenvalue weighted by Gasteiger charge is 2.15. The van der Waals surface area contributed by atoms with Crippen LogP contribution in [0.15, 0.2) is 51.8 Å². The number of hydrogen-bond donors (Lipinski definition) is 2. The molecule has 6 heteroatoms. The molecule has 0 aliphatic heterocycles. The second kappa shape index (κ2) is 6.49. The second-order valence-corrected chi connectivity index (χ2v) is 7.07. The summed E-state index contributed by atoms with van der Waals surface area (Å²) in [4.78, 5) is 0.234. The lowest BCUT2D eigenvalue weighted by Crippen LogP contribution is -2.13. The summed E-state index contributed by atoms with van der Waals surface area (Å²) in [5.41, 5.74) is 2.40. The van der Waals surface area contributed by atoms with Crippen LogP contribution in [0.25, 0.3) is 0 Å². The third-order valence-corrected chi connectivity index (χ3v) is 5.42. The Morgan fingerprint density at radius 2 is 1.76 bits per heavy atom. The zero-order valence-corrected chi connectivity index (χ0v) is 14.3. The quantitative estimate of drug-likeness (QED) is 0.838. The normalized spacial score (nSPS) is 11.2. The van der Waals surface area contributed by atoms with Crippen molar-refractivity contribution in [3.63, 3.8) is 0 Å². The average molecular weight is 369 g/mol. The molecule has 0 unspecified atom stereocenters. The van der Waals surface area contributed by atoms with Crippen LogP contribution < -0.4 is 10.0 Å². The van der Waals surface area contributed by atoms with Crippen LogP contribution in [-0.4, -0.2) is 15.0 Å². The van der Waals surface area contributed by atoms with Gasteiger partial charge in [-0.1, -0.05) is 12.1 Å². The van der Waals surface area contributed by atoms with Crippen LogP contribution in [0.4, 0.5) is 11.4 Å². The molecule has 0 aliphatic carbocycles. The van der Waals surface area contributed by atoms with E-state index in [9.17, 15) is 8.42 Å². The summed E-state index contributed by atoms with van der Waals surface area (Å²) in [6.07, 6.45) is 0. The summed E-state index contributed by atoms with van der Waals surface area (Å²) >= 11 is 3.40. The lowest BCUT2D eigenvalue weighted by Gasteiger charge is -2.11. The number of sulfonamides is 1. The lowest BCUT2D eigenvalue weighted by molar-refractivity contribution is 0.601. The molecular formula is C15H17BrN2O2S. The smallest absolute Gasteiger partial charge is 0.261 e. The van der Waals surface area contributed by atoms with Crippen LogP contribution in [-0.2, 0) is 10.0 Å². The van der Waals surface area contributed by atoms with Crippen molar-refractivity contribution in [3.8, 4) is 0 Å². The van der Waals surface area contributed by atoms with E-state index in [-0.39, 0.29) is 4.90 Å². The summed E-state index contributed by atoms with van der Waals surface area (Å²) in [6, 6.07) is 12.1. The second-order valence-electron chi connectivity index (χ2n) is 4.60. The SMILES string of the molecule is CCNc1ccc(S(=O)(=O)Nc2cccc(C)c2Br)cc1. The number of nitrogens with one attached hydrogen (secondary N) is 2. The summed E-state index contributed by atoms with van der Waals surface area (Å²) in [5.74, 6) is 0. The predicted octanol–water partition coefficient (Wildman–Crippen LogP) is 3.99. The Bertz CT molecular complexity index is 728. The third-order valence-electron chi connectivity index (χ3n) is 2.98. The van der Waals surface area contributed by atoms with Crippen molar-refractivity contribution in [3.05, 3.63) is 52.5 Å². The van der Waals surface area contributed by atoms with Gasteiger partial charge in [0.25, 0.3) is 10.0 Å². The maximum Gasteiger partial charge on any atom is 0.261 e. The van der Waals surface area contributed by atoms with E-state index in [0.717, 1.165) is 22.3 Å². The number of rotatable bonds is 5. The summed E-state index contributed by atoms with van der Waals surface area (Å²) < 4.78 is 28.1. The molecule has 2 N–H and O–H groups in total. The Kier molecular flexibility index (Phi) is 4.90. The van der Waals surface area contributed by atoms with Gasteiger partial charge in [0, 0.05) is 16.7 Å². The molecule has 112 valence electrons. The molecule has 0 fully saturated rings. The van der Waals surface area contributed by atoms with E-state index >= 15 is 0 Å². The van der Waals surface area contributed by atoms with Gasteiger partial charge in [-0.2, -0.15) is 0 Å². The number of benzene rings is 2. The molecule has 0 bridgehead atoms. The van der Waals surface area contributed by atoms with Gasteiger partial charge >= 0.3 is 0 Å². The molecule has 0 atom stereocenters. The zero-order chi connectivity index (χ0) is 15.5. The monoisotopic (exact) mass is 368 g/mol. The Balaban J connectivity index is 2.27. The Hall–Kier alpha value is -1.53. The highest BCUT2D eigenvalue weighted by Crippen LogP contribution is 2.28. The van der Waals surface area contributed by atoms with Crippen molar-refractivity contribution in [1.29, 1.82) is 0 Å². The molecule has 0 saturated heterocycles. The van der Waals surface area contributed by atoms with Gasteiger partial charge in [-0.05, 0) is 65.7 Å². The van der Waals surface area contributed by atoms with Gasteiger partial charge in [0.1, 0.15) is 0 Å². The fraction of sp³-hybridized carbons (Fsp3) is 0.200. The highest BCUT2D eigenvalue weighted by molar-refractivity contribution is 9.10. The molecule has 21 heavy (non-hydrogen) atoms. The van der Waals surface area contributed by atoms with Crippen molar-refractivity contribution in [1.82, 2.24) is 0 Å². The van der Waals surface area contributed by atoms with Crippen molar-refractivity contribution in [2.45, 2.75) is 18.7 Å². The van der Waals surface area contributed by atoms with Crippen molar-refractivity contribution < 1.29 is 8.42 Å². The van der Waals surface area contributed by atoms with Crippen LogP contribution in [0, 0.1) is 6.92 Å². The molecule has 2 aromatic rings. The first-order chi connectivity index (χ1) is 9.94. The summed E-state index contributed by atoms with van der Waals surface area (Å²) in [5, 5.41) is 3.13. The van der Waals surface area contributed by atoms with Gasteiger partial charge in [-0.15, -0.1) is 0 Å². The van der Waals surface area contributed by atoms with Crippen LogP contribution in [0.3, 0.4) is 0 Å². The van der Waals surface area contributed by atoms with Gasteiger partial charge in [0.2, 0.25) is 0 Å². The molecule has 0 heterocycles. The van der Waals surface area contributed by atoms with Crippen molar-refractivity contribution in [2.75, 3.05) is 16.6 Å². The molecule has 0 amide bonds. The minimum absolute atomic E-state index is 0.234. The van der Waals surface area contributed by atoms with Crippen LogP contribution in [0.1, 0.15) is 12.5 Å². The average Bonchev–Trinajstić information content (AvgIpc) is 2.45. The molecule has 0 spiro atoms.